The van der Waals surface area contributed by atoms with Crippen LogP contribution in [0.5, 0.6) is 11.5 Å². The smallest absolute Gasteiger partial charge is 0.324 e. The largest absolute Gasteiger partial charge is 0.508 e. The molecule has 682 valence electrons. The van der Waals surface area contributed by atoms with Crippen molar-refractivity contribution in [3.63, 3.8) is 0 Å². The lowest BCUT2D eigenvalue weighted by atomic mass is 9.99. The zero-order chi connectivity index (χ0) is 93.0. The Morgan fingerprint density at radius 1 is 0.500 bits per heavy atom. The van der Waals surface area contributed by atoms with Gasteiger partial charge in [-0.05, 0) is 102 Å². The van der Waals surface area contributed by atoms with E-state index < -0.39 is 192 Å². The van der Waals surface area contributed by atoms with E-state index in [1.54, 1.807) is 135 Å². The Labute approximate surface area is 745 Å². The Morgan fingerprint density at radius 3 is 1.55 bits per heavy atom. The summed E-state index contributed by atoms with van der Waals surface area (Å²) in [7, 11) is 5.10. The number of phenols is 2. The molecule has 3 heterocycles. The number of nitrogens with one attached hydrogen (secondary N) is 10. The van der Waals surface area contributed by atoms with Crippen LogP contribution in [0.3, 0.4) is 0 Å². The van der Waals surface area contributed by atoms with Crippen LogP contribution in [0.15, 0.2) is 170 Å². The van der Waals surface area contributed by atoms with Gasteiger partial charge in [-0.2, -0.15) is 0 Å². The predicted octanol–water partition coefficient (Wildman–Crippen LogP) is 2.82. The predicted molar refractivity (Wildman–Crippen MR) is 476 cm³/mol. The van der Waals surface area contributed by atoms with Gasteiger partial charge < -0.3 is 93.5 Å². The van der Waals surface area contributed by atoms with Crippen molar-refractivity contribution in [2.75, 3.05) is 52.8 Å². The molecule has 2 aliphatic rings. The van der Waals surface area contributed by atoms with Gasteiger partial charge in [0.05, 0.1) is 18.7 Å². The average molecular weight is 1780 g/mol. The number of hydrogen-bond donors (Lipinski definition) is 14. The van der Waals surface area contributed by atoms with Gasteiger partial charge in [0.15, 0.2) is 0 Å². The minimum absolute atomic E-state index is 0.0211. The first-order valence-electron chi connectivity index (χ1n) is 42.5. The molecular formula is C92H114N16O19S. The average Bonchev–Trinajstić information content (AvgIpc) is 1.49. The third-order valence-corrected chi connectivity index (χ3v) is 23.5. The third kappa shape index (κ3) is 27.9. The molecule has 35 nitrogen and oxygen atoms in total. The van der Waals surface area contributed by atoms with Crippen molar-refractivity contribution in [2.24, 2.45) is 11.7 Å². The zero-order valence-electron chi connectivity index (χ0n) is 72.8. The summed E-state index contributed by atoms with van der Waals surface area (Å²) in [6.45, 7) is 5.88. The van der Waals surface area contributed by atoms with Gasteiger partial charge in [-0.15, -0.1) is 11.8 Å². The number of phenolic OH excluding ortho intramolecular Hbond substituents is 2. The molecular weight excluding hydrogens is 1670 g/mol. The number of aromatic nitrogens is 1. The number of fused-ring (bicyclic) bond motifs is 2. The molecule has 0 radical (unpaired) electrons. The molecule has 128 heavy (non-hydrogen) atoms. The number of hydrogen-bond acceptors (Lipinski definition) is 19. The maximum atomic E-state index is 15.7. The van der Waals surface area contributed by atoms with Crippen LogP contribution in [-0.4, -0.2) is 265 Å². The quantitative estimate of drug-likeness (QED) is 0.0464. The molecule has 7 aromatic rings. The van der Waals surface area contributed by atoms with Crippen LogP contribution in [-0.2, 0) is 110 Å². The molecule has 2 aliphatic heterocycles. The number of imide groups is 1. The highest BCUT2D eigenvalue weighted by molar-refractivity contribution is 8.00. The number of unbranched alkanes of at least 4 members (excludes halogenated alkanes) is 1. The van der Waals surface area contributed by atoms with Crippen LogP contribution in [0, 0.1) is 5.92 Å². The number of thioether (sulfide) groups is 1. The maximum Gasteiger partial charge on any atom is 0.324 e. The third-order valence-electron chi connectivity index (χ3n) is 22.5. The Balaban J connectivity index is 1.12. The van der Waals surface area contributed by atoms with Crippen molar-refractivity contribution in [3.8, 4) is 11.5 Å². The molecule has 16 amide bonds. The van der Waals surface area contributed by atoms with E-state index in [2.05, 4.69) is 52.8 Å². The number of likely N-dealkylation sites (N-methyl/N-ethyl adjacent to an activating group) is 4. The van der Waals surface area contributed by atoms with Crippen LogP contribution >= 0.6 is 11.8 Å². The second-order valence-electron chi connectivity index (χ2n) is 32.6. The highest BCUT2D eigenvalue weighted by Crippen LogP contribution is 2.27. The Bertz CT molecular complexity index is 5090. The number of para-hydroxylation sites is 1. The normalized spacial score (nSPS) is 22.9. The molecule has 9 rings (SSSR count). The first kappa shape index (κ1) is 98.1. The highest BCUT2D eigenvalue weighted by Gasteiger charge is 2.45. The molecule has 6 aromatic carbocycles. The van der Waals surface area contributed by atoms with Crippen molar-refractivity contribution in [2.45, 2.75) is 184 Å². The van der Waals surface area contributed by atoms with E-state index >= 15 is 38.4 Å². The highest BCUT2D eigenvalue weighted by atomic mass is 32.2. The second-order valence-corrected chi connectivity index (χ2v) is 33.6. The summed E-state index contributed by atoms with van der Waals surface area (Å²) in [6.07, 6.45) is 0.183. The first-order chi connectivity index (χ1) is 61.1. The number of aromatic amines is 1. The number of carboxylic acids is 1. The number of H-pyrrole nitrogens is 1. The number of carbonyl (C=O) groups is 16. The number of carboxylic acid groups (broad SMARTS) is 1. The van der Waals surface area contributed by atoms with Crippen molar-refractivity contribution in [1.82, 2.24) is 77.3 Å². The Morgan fingerprint density at radius 2 is 0.984 bits per heavy atom. The number of urea groups is 1. The molecule has 2 fully saturated rings. The molecule has 0 saturated carbocycles. The Kier molecular flexibility index (Phi) is 36.1. The summed E-state index contributed by atoms with van der Waals surface area (Å²) in [6, 6.07) is 24.1. The van der Waals surface area contributed by atoms with E-state index in [-0.39, 0.29) is 88.2 Å². The van der Waals surface area contributed by atoms with Crippen LogP contribution in [0.4, 0.5) is 4.79 Å². The van der Waals surface area contributed by atoms with Crippen molar-refractivity contribution >= 4 is 117 Å². The van der Waals surface area contributed by atoms with Crippen LogP contribution < -0.4 is 53.6 Å². The fourth-order valence-corrected chi connectivity index (χ4v) is 16.3. The van der Waals surface area contributed by atoms with Gasteiger partial charge in [0, 0.05) is 96.1 Å². The van der Waals surface area contributed by atoms with Crippen molar-refractivity contribution in [3.05, 3.63) is 203 Å². The fourth-order valence-electron chi connectivity index (χ4n) is 15.4. The summed E-state index contributed by atoms with van der Waals surface area (Å²) >= 11 is 0.829. The van der Waals surface area contributed by atoms with Gasteiger partial charge in [0.25, 0.3) is 5.91 Å². The minimum atomic E-state index is -1.89. The van der Waals surface area contributed by atoms with E-state index in [1.165, 1.54) is 91.3 Å². The first-order valence-corrected chi connectivity index (χ1v) is 43.6. The summed E-state index contributed by atoms with van der Waals surface area (Å²) in [5, 5.41) is 55.4. The number of carbonyl (C=O) groups excluding carboxylic acids is 15. The number of nitrogens with zero attached hydrogens (tertiary/aromatic N) is 5. The molecule has 0 bridgehead atoms. The van der Waals surface area contributed by atoms with Gasteiger partial charge in [-0.1, -0.05) is 167 Å². The van der Waals surface area contributed by atoms with Gasteiger partial charge >= 0.3 is 12.0 Å². The number of amides is 16. The van der Waals surface area contributed by atoms with Gasteiger partial charge in [-0.3, -0.25) is 76.8 Å². The molecule has 1 aromatic heterocycles. The van der Waals surface area contributed by atoms with E-state index in [0.29, 0.717) is 62.0 Å². The molecule has 2 saturated heterocycles. The standard InChI is InChI=1S/C92H114N16O19S/c1-9-10-31-74-91(126)108-41-22-32-73(108)85(120)100-69(49-79(113)114)81(116)96-55(4)87(122)105(6)75(46-57-25-16-12-17-26-57)86(121)101-71(45-60-35-39-63(110)40-36-60)89(124)107(8)92(127)103-68(48-61-50-94-65-30-21-20-29-64(61)65)84(119)99-67(43-59-33-37-62(109)38-34-59)83(118)98-66(42-54(2)3)82(117)102-72(80(115)95-51-77(93)111)52-128-53-78(112)97-70(44-56-23-14-11-15-24-56)88(123)106(7)76(90(125)104(74)5)47-58-27-18-13-19-28-58/h11-21,23-30,33-40,50,54-55,66-76,94,109-110H,9-10,22,31-32,41-49,51-53H2,1-8H3,(H2,93,111)(H,95,115)(H,96,116)(H,97,112)(H,98,118)(H,99,119)(H,100,120)(H,101,121)(H,102,117)(H,103,127)(H,113,114)/t55-,66-,67-,68-,69-,70-,71-,72-,73+,74-,75-,76-/m0/s1. The molecule has 36 heteroatoms. The van der Waals surface area contributed by atoms with Crippen LogP contribution in [0.25, 0.3) is 10.9 Å². The zero-order valence-corrected chi connectivity index (χ0v) is 73.6. The molecule has 0 aliphatic carbocycles. The summed E-state index contributed by atoms with van der Waals surface area (Å²) < 4.78 is 0. The van der Waals surface area contributed by atoms with E-state index in [0.717, 1.165) is 23.7 Å². The molecule has 12 atom stereocenters. The SMILES string of the molecule is CCCC[C@H]1C(=O)N2CCC[C@@H]2C(=O)N[C@@H](CC(=O)O)C(=O)N[C@@H](C)C(=O)N(C)[C@@H](Cc2ccccc2)C(=O)N[C@@H](Cc2ccc(O)cc2)C(=O)N(C)C(=O)N[C@@H](Cc2c[nH]c3ccccc23)C(=O)N[C@@H](Cc2ccc(O)cc2)C(=O)N[C@@H](CC(C)C)C(=O)N[C@H](C(=O)NCC(N)=O)CSCC(=O)N[C@@H](Cc2ccccc2)C(=O)N(C)[C@@H](Cc2ccccc2)C(=O)N1C. The summed E-state index contributed by atoms with van der Waals surface area (Å²) in [5.74, 6) is -15.9. The van der Waals surface area contributed by atoms with Gasteiger partial charge in [0.1, 0.15) is 84.0 Å². The summed E-state index contributed by atoms with van der Waals surface area (Å²) in [4.78, 5) is 244. The molecule has 0 spiro atoms. The van der Waals surface area contributed by atoms with Crippen LogP contribution in [0.2, 0.25) is 0 Å². The number of aliphatic carboxylic acids is 1. The van der Waals surface area contributed by atoms with Crippen molar-refractivity contribution < 1.29 is 92.0 Å². The number of nitrogens with two attached hydrogens (primary N) is 1. The number of primary amides is 1. The topological polar surface area (TPSA) is 500 Å². The fraction of sp³-hybridized carbons (Fsp3) is 0.413. The second kappa shape index (κ2) is 47.1. The minimum Gasteiger partial charge on any atom is -0.508 e. The van der Waals surface area contributed by atoms with Crippen LogP contribution in [0.1, 0.15) is 106 Å². The summed E-state index contributed by atoms with van der Waals surface area (Å²) in [5.41, 5.74) is 8.96. The number of rotatable bonds is 22. The van der Waals surface area contributed by atoms with Gasteiger partial charge in [-0.25, -0.2) is 4.79 Å². The Hall–Kier alpha value is -13.7. The van der Waals surface area contributed by atoms with E-state index in [1.807, 2.05) is 6.92 Å². The lowest BCUT2D eigenvalue weighted by Crippen LogP contribution is -2.61. The number of aromatic hydroxyl groups is 2. The van der Waals surface area contributed by atoms with E-state index in [4.69, 9.17) is 5.73 Å². The lowest BCUT2D eigenvalue weighted by molar-refractivity contribution is -0.152. The lowest BCUT2D eigenvalue weighted by Gasteiger charge is -2.38. The molecule has 0 unspecified atom stereocenters. The number of benzene rings is 6. The van der Waals surface area contributed by atoms with Crippen molar-refractivity contribution in [1.29, 1.82) is 0 Å². The maximum absolute atomic E-state index is 15.7. The monoisotopic (exact) mass is 1780 g/mol. The molecule has 15 N–H and O–H groups in total. The van der Waals surface area contributed by atoms with Gasteiger partial charge in [0.2, 0.25) is 76.8 Å². The van der Waals surface area contributed by atoms with E-state index in [9.17, 15) is 53.7 Å².